The van der Waals surface area contributed by atoms with E-state index >= 15 is 0 Å². The highest BCUT2D eigenvalue weighted by molar-refractivity contribution is 14.1. The van der Waals surface area contributed by atoms with Gasteiger partial charge in [0.25, 0.3) is 5.91 Å². The Morgan fingerprint density at radius 3 is 2.63 bits per heavy atom. The number of amides is 1. The number of rotatable bonds is 5. The number of hydrogen-bond donors (Lipinski definition) is 2. The maximum absolute atomic E-state index is 12.2. The van der Waals surface area contributed by atoms with Crippen molar-refractivity contribution in [1.82, 2.24) is 5.32 Å². The van der Waals surface area contributed by atoms with Crippen LogP contribution in [0.2, 0.25) is 5.02 Å². The van der Waals surface area contributed by atoms with Crippen LogP contribution in [-0.2, 0) is 0 Å². The predicted molar refractivity (Wildman–Crippen MR) is 88.5 cm³/mol. The van der Waals surface area contributed by atoms with E-state index < -0.39 is 0 Å². The van der Waals surface area contributed by atoms with Gasteiger partial charge in [0, 0.05) is 21.2 Å². The van der Waals surface area contributed by atoms with Crippen molar-refractivity contribution in [3.8, 4) is 0 Å². The molecule has 1 amide bonds. The maximum atomic E-state index is 12.2. The largest absolute Gasteiger partial charge is 0.346 e. The number of benzene rings is 1. The van der Waals surface area contributed by atoms with Gasteiger partial charge in [0.1, 0.15) is 0 Å². The summed E-state index contributed by atoms with van der Waals surface area (Å²) in [7, 11) is 0. The fourth-order valence-corrected chi connectivity index (χ4v) is 2.59. The monoisotopic (exact) mass is 394 g/mol. The molecule has 1 aromatic rings. The molecule has 19 heavy (non-hydrogen) atoms. The molecule has 5 heteroatoms. The number of carbonyl (C=O) groups excluding carboxylic acids is 1. The van der Waals surface area contributed by atoms with E-state index in [0.717, 1.165) is 9.99 Å². The van der Waals surface area contributed by atoms with Crippen LogP contribution in [0, 0.1) is 9.49 Å². The summed E-state index contributed by atoms with van der Waals surface area (Å²) in [5.74, 6) is 0.334. The van der Waals surface area contributed by atoms with Crippen LogP contribution in [-0.4, -0.2) is 18.0 Å². The summed E-state index contributed by atoms with van der Waals surface area (Å²) in [5.41, 5.74) is 5.97. The third-order valence-corrected chi connectivity index (χ3v) is 4.48. The Morgan fingerprint density at radius 1 is 1.53 bits per heavy atom. The highest BCUT2D eigenvalue weighted by Gasteiger charge is 2.26. The lowest BCUT2D eigenvalue weighted by Crippen LogP contribution is -2.52. The highest BCUT2D eigenvalue weighted by atomic mass is 127. The minimum absolute atomic E-state index is 0.132. The molecule has 0 radical (unpaired) electrons. The zero-order valence-electron chi connectivity index (χ0n) is 11.5. The smallest absolute Gasteiger partial charge is 0.251 e. The summed E-state index contributed by atoms with van der Waals surface area (Å²) in [6.07, 6.45) is 0.841. The average Bonchev–Trinajstić information content (AvgIpc) is 2.31. The minimum atomic E-state index is -0.388. The van der Waals surface area contributed by atoms with E-state index in [9.17, 15) is 4.79 Å². The van der Waals surface area contributed by atoms with Gasteiger partial charge in [-0.25, -0.2) is 0 Å². The molecule has 0 saturated carbocycles. The van der Waals surface area contributed by atoms with Gasteiger partial charge in [-0.1, -0.05) is 25.4 Å². The van der Waals surface area contributed by atoms with Gasteiger partial charge < -0.3 is 11.1 Å². The number of nitrogens with one attached hydrogen (secondary N) is 1. The average molecular weight is 395 g/mol. The van der Waals surface area contributed by atoms with Crippen molar-refractivity contribution in [2.75, 3.05) is 6.54 Å². The zero-order valence-corrected chi connectivity index (χ0v) is 14.4. The fraction of sp³-hybridized carbons (Fsp3) is 0.500. The van der Waals surface area contributed by atoms with E-state index in [4.69, 9.17) is 17.3 Å². The molecule has 0 fully saturated rings. The quantitative estimate of drug-likeness (QED) is 0.752. The molecule has 0 aliphatic rings. The van der Waals surface area contributed by atoms with Gasteiger partial charge in [-0.3, -0.25) is 4.79 Å². The van der Waals surface area contributed by atoms with Crippen LogP contribution in [0.1, 0.15) is 37.6 Å². The second kappa shape index (κ2) is 6.90. The zero-order chi connectivity index (χ0) is 14.6. The SMILES string of the molecule is CC(C)CC(C)(CN)NC(=O)c1ccc(I)c(Cl)c1. The molecule has 3 nitrogen and oxygen atoms in total. The van der Waals surface area contributed by atoms with Crippen LogP contribution >= 0.6 is 34.2 Å². The number of nitrogens with two attached hydrogens (primary N) is 1. The molecule has 1 aromatic carbocycles. The molecule has 0 saturated heterocycles. The summed E-state index contributed by atoms with van der Waals surface area (Å²) in [6.45, 7) is 6.61. The van der Waals surface area contributed by atoms with Gasteiger partial charge in [0.2, 0.25) is 0 Å². The van der Waals surface area contributed by atoms with E-state index in [1.54, 1.807) is 12.1 Å². The molecule has 0 aliphatic heterocycles. The van der Waals surface area contributed by atoms with Crippen molar-refractivity contribution in [3.05, 3.63) is 32.4 Å². The lowest BCUT2D eigenvalue weighted by molar-refractivity contribution is 0.0898. The summed E-state index contributed by atoms with van der Waals surface area (Å²) in [4.78, 5) is 12.2. The normalized spacial score (nSPS) is 14.3. The molecule has 1 unspecified atom stereocenters. The van der Waals surface area contributed by atoms with Crippen LogP contribution < -0.4 is 11.1 Å². The molecule has 3 N–H and O–H groups in total. The standard InChI is InChI=1S/C14H20ClIN2O/c1-9(2)7-14(3,8-17)18-13(19)10-4-5-12(16)11(15)6-10/h4-6,9H,7-8,17H2,1-3H3,(H,18,19). The first-order valence-electron chi connectivity index (χ1n) is 6.25. The molecule has 0 spiro atoms. The van der Waals surface area contributed by atoms with E-state index in [0.29, 0.717) is 23.0 Å². The van der Waals surface area contributed by atoms with Gasteiger partial charge in [-0.05, 0) is 60.1 Å². The van der Waals surface area contributed by atoms with E-state index in [1.807, 2.05) is 13.0 Å². The first-order chi connectivity index (χ1) is 8.77. The Hall–Kier alpha value is -0.330. The van der Waals surface area contributed by atoms with E-state index in [1.165, 1.54) is 0 Å². The van der Waals surface area contributed by atoms with Gasteiger partial charge in [-0.2, -0.15) is 0 Å². The van der Waals surface area contributed by atoms with Crippen LogP contribution in [0.4, 0.5) is 0 Å². The predicted octanol–water partition coefficient (Wildman–Crippen LogP) is 3.44. The summed E-state index contributed by atoms with van der Waals surface area (Å²) in [5, 5.41) is 3.60. The first-order valence-corrected chi connectivity index (χ1v) is 7.71. The summed E-state index contributed by atoms with van der Waals surface area (Å²) >= 11 is 8.17. The first kappa shape index (κ1) is 16.7. The van der Waals surface area contributed by atoms with Crippen molar-refractivity contribution in [3.63, 3.8) is 0 Å². The third kappa shape index (κ3) is 4.93. The van der Waals surface area contributed by atoms with Gasteiger partial charge in [0.15, 0.2) is 0 Å². The van der Waals surface area contributed by atoms with Gasteiger partial charge in [0.05, 0.1) is 5.02 Å². The Bertz CT molecular complexity index is 465. The highest BCUT2D eigenvalue weighted by Crippen LogP contribution is 2.21. The lowest BCUT2D eigenvalue weighted by atomic mass is 9.90. The van der Waals surface area contributed by atoms with Gasteiger partial charge in [-0.15, -0.1) is 0 Å². The van der Waals surface area contributed by atoms with Crippen LogP contribution in [0.15, 0.2) is 18.2 Å². The fourth-order valence-electron chi connectivity index (χ4n) is 2.07. The van der Waals surface area contributed by atoms with Crippen LogP contribution in [0.3, 0.4) is 0 Å². The summed E-state index contributed by atoms with van der Waals surface area (Å²) in [6, 6.07) is 5.29. The van der Waals surface area contributed by atoms with Crippen molar-refractivity contribution < 1.29 is 4.79 Å². The van der Waals surface area contributed by atoms with Crippen molar-refractivity contribution in [2.24, 2.45) is 11.7 Å². The molecule has 0 heterocycles. The molecule has 0 bridgehead atoms. The topological polar surface area (TPSA) is 55.1 Å². The molecular formula is C14H20ClIN2O. The molecule has 0 aliphatic carbocycles. The number of halogens is 2. The molecular weight excluding hydrogens is 375 g/mol. The van der Waals surface area contributed by atoms with E-state index in [-0.39, 0.29) is 11.4 Å². The Labute approximate surface area is 133 Å². The second-order valence-electron chi connectivity index (χ2n) is 5.45. The number of carbonyl (C=O) groups is 1. The maximum Gasteiger partial charge on any atom is 0.251 e. The van der Waals surface area contributed by atoms with Gasteiger partial charge >= 0.3 is 0 Å². The second-order valence-corrected chi connectivity index (χ2v) is 7.02. The number of hydrogen-bond acceptors (Lipinski definition) is 2. The minimum Gasteiger partial charge on any atom is -0.346 e. The summed E-state index contributed by atoms with van der Waals surface area (Å²) < 4.78 is 0.930. The van der Waals surface area contributed by atoms with Crippen LogP contribution in [0.25, 0.3) is 0 Å². The van der Waals surface area contributed by atoms with E-state index in [2.05, 4.69) is 41.8 Å². The molecule has 1 atom stereocenters. The Balaban J connectivity index is 2.85. The Kier molecular flexibility index (Phi) is 6.08. The third-order valence-electron chi connectivity index (χ3n) is 2.91. The Morgan fingerprint density at radius 2 is 2.16 bits per heavy atom. The van der Waals surface area contributed by atoms with Crippen molar-refractivity contribution >= 4 is 40.1 Å². The van der Waals surface area contributed by atoms with Crippen molar-refractivity contribution in [2.45, 2.75) is 32.7 Å². The lowest BCUT2D eigenvalue weighted by Gasteiger charge is -2.31. The van der Waals surface area contributed by atoms with Crippen molar-refractivity contribution in [1.29, 1.82) is 0 Å². The molecule has 106 valence electrons. The van der Waals surface area contributed by atoms with Crippen LogP contribution in [0.5, 0.6) is 0 Å². The molecule has 1 rings (SSSR count). The molecule has 0 aromatic heterocycles.